The Bertz CT molecular complexity index is 704. The zero-order valence-electron chi connectivity index (χ0n) is 11.3. The number of hydrogen-bond donors (Lipinski definition) is 3. The highest BCUT2D eigenvalue weighted by Gasteiger charge is 2.12. The molecule has 21 heavy (non-hydrogen) atoms. The van der Waals surface area contributed by atoms with E-state index >= 15 is 0 Å². The van der Waals surface area contributed by atoms with Crippen molar-refractivity contribution < 1.29 is 24.9 Å². The summed E-state index contributed by atoms with van der Waals surface area (Å²) in [4.78, 5) is 11.4. The molecule has 0 saturated heterocycles. The number of methoxy groups -OCH3 is 1. The van der Waals surface area contributed by atoms with E-state index in [1.54, 1.807) is 18.2 Å². The zero-order valence-corrected chi connectivity index (χ0v) is 11.3. The summed E-state index contributed by atoms with van der Waals surface area (Å²) in [6, 6.07) is 10.5. The van der Waals surface area contributed by atoms with Crippen molar-refractivity contribution >= 4 is 17.6 Å². The first-order chi connectivity index (χ1) is 10.0. The Morgan fingerprint density at radius 3 is 2.52 bits per heavy atom. The fourth-order valence-electron chi connectivity index (χ4n) is 1.89. The highest BCUT2D eigenvalue weighted by Crippen LogP contribution is 2.29. The highest BCUT2D eigenvalue weighted by atomic mass is 16.5. The minimum atomic E-state index is -1.12. The first kappa shape index (κ1) is 14.5. The van der Waals surface area contributed by atoms with Crippen LogP contribution in [0.15, 0.2) is 42.5 Å². The van der Waals surface area contributed by atoms with Crippen LogP contribution in [0.25, 0.3) is 11.6 Å². The van der Waals surface area contributed by atoms with Gasteiger partial charge in [-0.05, 0) is 41.5 Å². The van der Waals surface area contributed by atoms with Crippen LogP contribution in [0.3, 0.4) is 0 Å². The van der Waals surface area contributed by atoms with E-state index in [1.807, 2.05) is 0 Å². The molecule has 0 bridgehead atoms. The van der Waals surface area contributed by atoms with Gasteiger partial charge in [0, 0.05) is 0 Å². The Hall–Kier alpha value is -2.95. The molecule has 0 amide bonds. The van der Waals surface area contributed by atoms with Gasteiger partial charge in [0.25, 0.3) is 0 Å². The van der Waals surface area contributed by atoms with E-state index in [0.717, 1.165) is 0 Å². The maximum Gasteiger partial charge on any atom is 0.336 e. The quantitative estimate of drug-likeness (QED) is 0.594. The minimum absolute atomic E-state index is 0.0112. The van der Waals surface area contributed by atoms with E-state index < -0.39 is 5.97 Å². The van der Waals surface area contributed by atoms with Gasteiger partial charge in [-0.25, -0.2) is 4.79 Å². The second kappa shape index (κ2) is 6.00. The average Bonchev–Trinajstić information content (AvgIpc) is 2.46. The molecule has 0 heterocycles. The van der Waals surface area contributed by atoms with Crippen molar-refractivity contribution in [2.45, 2.75) is 0 Å². The van der Waals surface area contributed by atoms with Crippen molar-refractivity contribution in [3.8, 4) is 17.2 Å². The predicted octanol–water partition coefficient (Wildman–Crippen LogP) is 2.73. The van der Waals surface area contributed by atoms with Crippen LogP contribution in [-0.4, -0.2) is 28.4 Å². The molecule has 0 radical (unpaired) electrons. The third-order valence-electron chi connectivity index (χ3n) is 2.90. The van der Waals surface area contributed by atoms with E-state index in [4.69, 9.17) is 4.74 Å². The first-order valence-electron chi connectivity index (χ1n) is 6.12. The molecular formula is C16H14O5. The van der Waals surface area contributed by atoms with Crippen LogP contribution in [0.5, 0.6) is 17.2 Å². The molecule has 0 aliphatic rings. The summed E-state index contributed by atoms with van der Waals surface area (Å²) >= 11 is 0. The van der Waals surface area contributed by atoms with Crippen molar-refractivity contribution in [3.63, 3.8) is 0 Å². The lowest BCUT2D eigenvalue weighted by Gasteiger charge is -2.06. The topological polar surface area (TPSA) is 87.0 Å². The monoisotopic (exact) mass is 286 g/mol. The number of rotatable bonds is 4. The smallest absolute Gasteiger partial charge is 0.336 e. The lowest BCUT2D eigenvalue weighted by molar-refractivity contribution is -0.130. The third-order valence-corrected chi connectivity index (χ3v) is 2.90. The highest BCUT2D eigenvalue weighted by molar-refractivity contribution is 6.20. The zero-order chi connectivity index (χ0) is 15.4. The lowest BCUT2D eigenvalue weighted by atomic mass is 10.0. The standard InChI is InChI=1S/C16H14O5/c1-21-15-8-10(5-6-14(15)18)7-13(16(19)20)11-3-2-4-12(17)9-11/h2-9,17-18H,1H3,(H,19,20)/b13-7-. The molecule has 0 fully saturated rings. The minimum Gasteiger partial charge on any atom is -0.508 e. The number of ether oxygens (including phenoxy) is 1. The van der Waals surface area contributed by atoms with Crippen LogP contribution in [0, 0.1) is 0 Å². The lowest BCUT2D eigenvalue weighted by Crippen LogP contribution is -1.99. The van der Waals surface area contributed by atoms with Gasteiger partial charge in [0.05, 0.1) is 12.7 Å². The van der Waals surface area contributed by atoms with Crippen LogP contribution in [0.2, 0.25) is 0 Å². The number of aromatic hydroxyl groups is 2. The fourth-order valence-corrected chi connectivity index (χ4v) is 1.89. The maximum absolute atomic E-state index is 11.4. The summed E-state index contributed by atoms with van der Waals surface area (Å²) < 4.78 is 4.99. The van der Waals surface area contributed by atoms with Crippen molar-refractivity contribution in [1.82, 2.24) is 0 Å². The molecule has 0 aliphatic heterocycles. The van der Waals surface area contributed by atoms with E-state index in [1.165, 1.54) is 37.5 Å². The summed E-state index contributed by atoms with van der Waals surface area (Å²) in [6.07, 6.45) is 1.44. The Morgan fingerprint density at radius 2 is 1.90 bits per heavy atom. The average molecular weight is 286 g/mol. The molecule has 5 nitrogen and oxygen atoms in total. The predicted molar refractivity (Wildman–Crippen MR) is 78.3 cm³/mol. The molecule has 0 saturated carbocycles. The molecule has 108 valence electrons. The number of aliphatic carboxylic acids is 1. The van der Waals surface area contributed by atoms with Crippen LogP contribution >= 0.6 is 0 Å². The molecule has 0 aromatic heterocycles. The SMILES string of the molecule is COc1cc(/C=C(\C(=O)O)c2cccc(O)c2)ccc1O. The number of carboxylic acids is 1. The number of phenols is 2. The van der Waals surface area contributed by atoms with Gasteiger partial charge in [-0.15, -0.1) is 0 Å². The van der Waals surface area contributed by atoms with Gasteiger partial charge in [-0.2, -0.15) is 0 Å². The second-order valence-electron chi connectivity index (χ2n) is 4.34. The van der Waals surface area contributed by atoms with Gasteiger partial charge in [0.2, 0.25) is 0 Å². The Kier molecular flexibility index (Phi) is 4.13. The van der Waals surface area contributed by atoms with Gasteiger partial charge in [-0.1, -0.05) is 18.2 Å². The molecule has 5 heteroatoms. The van der Waals surface area contributed by atoms with Crippen LogP contribution < -0.4 is 4.74 Å². The maximum atomic E-state index is 11.4. The Labute approximate surface area is 121 Å². The molecule has 3 N–H and O–H groups in total. The number of hydrogen-bond acceptors (Lipinski definition) is 4. The number of carboxylic acid groups (broad SMARTS) is 1. The van der Waals surface area contributed by atoms with Crippen molar-refractivity contribution in [2.75, 3.05) is 7.11 Å². The van der Waals surface area contributed by atoms with Gasteiger partial charge in [-0.3, -0.25) is 0 Å². The number of carbonyl (C=O) groups is 1. The van der Waals surface area contributed by atoms with Gasteiger partial charge in [0.1, 0.15) is 5.75 Å². The van der Waals surface area contributed by atoms with E-state index in [0.29, 0.717) is 11.1 Å². The fraction of sp³-hybridized carbons (Fsp3) is 0.0625. The molecular weight excluding hydrogens is 272 g/mol. The summed E-state index contributed by atoms with van der Waals surface area (Å²) in [6.45, 7) is 0. The normalized spacial score (nSPS) is 11.2. The number of benzene rings is 2. The summed E-state index contributed by atoms with van der Waals surface area (Å²) in [5.74, 6) is -0.899. The molecule has 2 aromatic carbocycles. The first-order valence-corrected chi connectivity index (χ1v) is 6.12. The van der Waals surface area contributed by atoms with Crippen LogP contribution in [-0.2, 0) is 4.79 Å². The van der Waals surface area contributed by atoms with Crippen molar-refractivity contribution in [1.29, 1.82) is 0 Å². The molecule has 0 aliphatic carbocycles. The summed E-state index contributed by atoms with van der Waals surface area (Å²) in [5, 5.41) is 28.3. The molecule has 0 atom stereocenters. The Balaban J connectivity index is 2.50. The van der Waals surface area contributed by atoms with Crippen molar-refractivity contribution in [3.05, 3.63) is 53.6 Å². The van der Waals surface area contributed by atoms with Crippen LogP contribution in [0.1, 0.15) is 11.1 Å². The summed E-state index contributed by atoms with van der Waals surface area (Å²) in [5.41, 5.74) is 0.971. The molecule has 0 spiro atoms. The van der Waals surface area contributed by atoms with E-state index in [9.17, 15) is 20.1 Å². The number of phenolic OH excluding ortho intramolecular Hbond substituents is 2. The van der Waals surface area contributed by atoms with Gasteiger partial charge >= 0.3 is 5.97 Å². The van der Waals surface area contributed by atoms with Crippen LogP contribution in [0.4, 0.5) is 0 Å². The van der Waals surface area contributed by atoms with Gasteiger partial charge < -0.3 is 20.1 Å². The molecule has 2 aromatic rings. The second-order valence-corrected chi connectivity index (χ2v) is 4.34. The van der Waals surface area contributed by atoms with E-state index in [-0.39, 0.29) is 22.8 Å². The molecule has 2 rings (SSSR count). The largest absolute Gasteiger partial charge is 0.508 e. The van der Waals surface area contributed by atoms with Gasteiger partial charge in [0.15, 0.2) is 11.5 Å². The summed E-state index contributed by atoms with van der Waals surface area (Å²) in [7, 11) is 1.41. The van der Waals surface area contributed by atoms with Crippen molar-refractivity contribution in [2.24, 2.45) is 0 Å². The third kappa shape index (κ3) is 3.33. The molecule has 0 unspecified atom stereocenters. The van der Waals surface area contributed by atoms with E-state index in [2.05, 4.69) is 0 Å². The Morgan fingerprint density at radius 1 is 1.14 bits per heavy atom.